The van der Waals surface area contributed by atoms with Gasteiger partial charge in [0.15, 0.2) is 0 Å². The Labute approximate surface area is 216 Å². The van der Waals surface area contributed by atoms with Gasteiger partial charge in [0.2, 0.25) is 6.23 Å². The minimum atomic E-state index is -0.450. The molecule has 3 aromatic rings. The average Bonchev–Trinajstić information content (AvgIpc) is 3.55. The van der Waals surface area contributed by atoms with E-state index in [0.717, 1.165) is 65.0 Å². The maximum absolute atomic E-state index is 12.4. The summed E-state index contributed by atoms with van der Waals surface area (Å²) in [5, 5.41) is 3.98. The largest absolute Gasteiger partial charge is 0.494 e. The van der Waals surface area contributed by atoms with Crippen LogP contribution in [0.1, 0.15) is 70.7 Å². The number of carbonyl (C=O) groups is 1. The number of hydrogen-bond donors (Lipinski definition) is 2. The molecule has 1 aromatic heterocycles. The summed E-state index contributed by atoms with van der Waals surface area (Å²) in [4.78, 5) is 23.0. The van der Waals surface area contributed by atoms with Crippen molar-refractivity contribution in [1.29, 1.82) is 0 Å². The van der Waals surface area contributed by atoms with Crippen LogP contribution in [0.2, 0.25) is 0 Å². The van der Waals surface area contributed by atoms with Crippen molar-refractivity contribution in [3.05, 3.63) is 48.0 Å². The molecule has 1 amide bonds. The number of aromatic nitrogens is 1. The first-order valence-corrected chi connectivity index (χ1v) is 13.4. The molecule has 2 saturated carbocycles. The standard InChI is InChI=1S/C29H34N4O4/c1-4-35-23-14-15-24-25(16-23)33(22-6-5-7-22)27(26(24)28-30-18(3)32-37-28)20-10-12-21(13-11-20)31-29(34)36-17(2)19-8-9-19/h10-17,19,22,28H,4-9H2,1-3H3,(H,30,32)(H,31,34). The maximum Gasteiger partial charge on any atom is 0.411 e. The highest BCUT2D eigenvalue weighted by Crippen LogP contribution is 2.47. The van der Waals surface area contributed by atoms with Gasteiger partial charge in [-0.25, -0.2) is 14.6 Å². The molecule has 6 rings (SSSR count). The highest BCUT2D eigenvalue weighted by Gasteiger charge is 2.33. The molecule has 3 aliphatic rings. The quantitative estimate of drug-likeness (QED) is 0.357. The summed E-state index contributed by atoms with van der Waals surface area (Å²) in [5.41, 5.74) is 7.93. The Hall–Kier alpha value is -3.52. The van der Waals surface area contributed by atoms with Gasteiger partial charge in [-0.3, -0.25) is 10.8 Å². The lowest BCUT2D eigenvalue weighted by molar-refractivity contribution is 0.0384. The van der Waals surface area contributed by atoms with Gasteiger partial charge >= 0.3 is 6.09 Å². The van der Waals surface area contributed by atoms with Gasteiger partial charge in [-0.2, -0.15) is 0 Å². The third-order valence-corrected chi connectivity index (χ3v) is 7.63. The van der Waals surface area contributed by atoms with Crippen molar-refractivity contribution in [2.75, 3.05) is 11.9 Å². The lowest BCUT2D eigenvalue weighted by Gasteiger charge is -2.30. The first-order valence-electron chi connectivity index (χ1n) is 13.4. The molecular weight excluding hydrogens is 468 g/mol. The minimum absolute atomic E-state index is 0.0503. The Bertz CT molecular complexity index is 1340. The zero-order valence-corrected chi connectivity index (χ0v) is 21.6. The number of nitrogens with one attached hydrogen (secondary N) is 2. The number of hydroxylamine groups is 1. The number of nitrogens with zero attached hydrogens (tertiary/aromatic N) is 2. The third kappa shape index (κ3) is 4.66. The van der Waals surface area contributed by atoms with Crippen molar-refractivity contribution in [1.82, 2.24) is 10.0 Å². The number of benzene rings is 2. The van der Waals surface area contributed by atoms with Crippen LogP contribution in [0.3, 0.4) is 0 Å². The van der Waals surface area contributed by atoms with E-state index >= 15 is 0 Å². The number of aliphatic imine (C=N–C) groups is 1. The number of hydrogen-bond acceptors (Lipinski definition) is 6. The van der Waals surface area contributed by atoms with Gasteiger partial charge in [0.1, 0.15) is 17.7 Å². The van der Waals surface area contributed by atoms with E-state index in [2.05, 4.69) is 39.6 Å². The number of carbonyl (C=O) groups excluding carboxylic acids is 1. The molecule has 2 aliphatic carbocycles. The average molecular weight is 503 g/mol. The highest BCUT2D eigenvalue weighted by atomic mass is 16.7. The molecule has 0 bridgehead atoms. The van der Waals surface area contributed by atoms with Crippen LogP contribution in [0.25, 0.3) is 22.2 Å². The zero-order chi connectivity index (χ0) is 25.5. The topological polar surface area (TPSA) is 86.1 Å². The summed E-state index contributed by atoms with van der Waals surface area (Å²) in [6.45, 7) is 6.48. The summed E-state index contributed by atoms with van der Waals surface area (Å²) < 4.78 is 13.8. The molecule has 37 heavy (non-hydrogen) atoms. The predicted molar refractivity (Wildman–Crippen MR) is 144 cm³/mol. The van der Waals surface area contributed by atoms with Gasteiger partial charge in [0.05, 0.1) is 17.8 Å². The molecule has 2 atom stereocenters. The highest BCUT2D eigenvalue weighted by molar-refractivity contribution is 5.94. The fourth-order valence-corrected chi connectivity index (χ4v) is 5.32. The van der Waals surface area contributed by atoms with Gasteiger partial charge in [0, 0.05) is 28.7 Å². The van der Waals surface area contributed by atoms with E-state index in [0.29, 0.717) is 24.3 Å². The third-order valence-electron chi connectivity index (χ3n) is 7.63. The monoisotopic (exact) mass is 502 g/mol. The molecule has 2 N–H and O–H groups in total. The molecule has 194 valence electrons. The number of ether oxygens (including phenoxy) is 2. The molecule has 0 radical (unpaired) electrons. The Morgan fingerprint density at radius 3 is 2.59 bits per heavy atom. The first-order chi connectivity index (χ1) is 18.0. The Morgan fingerprint density at radius 2 is 1.97 bits per heavy atom. The molecule has 2 unspecified atom stereocenters. The molecule has 8 heteroatoms. The molecule has 2 fully saturated rings. The van der Waals surface area contributed by atoms with Gasteiger partial charge in [-0.05, 0) is 88.6 Å². The Kier molecular flexibility index (Phi) is 6.28. The summed E-state index contributed by atoms with van der Waals surface area (Å²) in [7, 11) is 0. The minimum Gasteiger partial charge on any atom is -0.494 e. The summed E-state index contributed by atoms with van der Waals surface area (Å²) in [6.07, 6.45) is 4.84. The van der Waals surface area contributed by atoms with Crippen LogP contribution in [0.5, 0.6) is 5.75 Å². The molecule has 2 heterocycles. The molecular formula is C29H34N4O4. The van der Waals surface area contributed by atoms with Gasteiger partial charge in [0.25, 0.3) is 0 Å². The molecule has 0 saturated heterocycles. The van der Waals surface area contributed by atoms with Crippen molar-refractivity contribution < 1.29 is 19.1 Å². The number of fused-ring (bicyclic) bond motifs is 1. The van der Waals surface area contributed by atoms with E-state index in [-0.39, 0.29) is 6.10 Å². The second-order valence-corrected chi connectivity index (χ2v) is 10.3. The van der Waals surface area contributed by atoms with Gasteiger partial charge in [-0.15, -0.1) is 0 Å². The zero-order valence-electron chi connectivity index (χ0n) is 21.6. The molecule has 0 spiro atoms. The van der Waals surface area contributed by atoms with Crippen LogP contribution in [-0.2, 0) is 9.57 Å². The van der Waals surface area contributed by atoms with Gasteiger partial charge < -0.3 is 14.0 Å². The SMILES string of the molecule is CCOc1ccc2c(C3N=C(C)NO3)c(-c3ccc(NC(=O)OC(C)C4CC4)cc3)n(C3CCC3)c2c1. The van der Waals surface area contributed by atoms with E-state index in [9.17, 15) is 4.79 Å². The second kappa shape index (κ2) is 9.74. The maximum atomic E-state index is 12.4. The van der Waals surface area contributed by atoms with Crippen LogP contribution in [-0.4, -0.2) is 29.2 Å². The van der Waals surface area contributed by atoms with Crippen LogP contribution in [0.15, 0.2) is 47.5 Å². The van der Waals surface area contributed by atoms with Crippen LogP contribution in [0.4, 0.5) is 10.5 Å². The van der Waals surface area contributed by atoms with Crippen molar-refractivity contribution in [2.24, 2.45) is 10.9 Å². The second-order valence-electron chi connectivity index (χ2n) is 10.3. The number of rotatable bonds is 8. The summed E-state index contributed by atoms with van der Waals surface area (Å²) in [5.74, 6) is 2.11. The van der Waals surface area contributed by atoms with E-state index < -0.39 is 12.3 Å². The van der Waals surface area contributed by atoms with Gasteiger partial charge in [-0.1, -0.05) is 12.1 Å². The van der Waals surface area contributed by atoms with Crippen LogP contribution < -0.4 is 15.5 Å². The normalized spacial score (nSPS) is 20.2. The molecule has 2 aromatic carbocycles. The van der Waals surface area contributed by atoms with Crippen molar-refractivity contribution in [3.8, 4) is 17.0 Å². The van der Waals surface area contributed by atoms with E-state index in [4.69, 9.17) is 19.3 Å². The smallest absolute Gasteiger partial charge is 0.411 e. The fourth-order valence-electron chi connectivity index (χ4n) is 5.32. The van der Waals surface area contributed by atoms with E-state index in [1.165, 1.54) is 6.42 Å². The summed E-state index contributed by atoms with van der Waals surface area (Å²) in [6, 6.07) is 14.6. The Balaban J connectivity index is 1.40. The summed E-state index contributed by atoms with van der Waals surface area (Å²) >= 11 is 0. The van der Waals surface area contributed by atoms with E-state index in [1.54, 1.807) is 0 Å². The van der Waals surface area contributed by atoms with Crippen molar-refractivity contribution in [3.63, 3.8) is 0 Å². The van der Waals surface area contributed by atoms with Crippen LogP contribution in [0, 0.1) is 5.92 Å². The fraction of sp³-hybridized carbons (Fsp3) is 0.448. The van der Waals surface area contributed by atoms with Crippen molar-refractivity contribution in [2.45, 2.75) is 71.2 Å². The number of amidine groups is 1. The molecule has 8 nitrogen and oxygen atoms in total. The predicted octanol–water partition coefficient (Wildman–Crippen LogP) is 6.73. The van der Waals surface area contributed by atoms with Crippen molar-refractivity contribution >= 4 is 28.5 Å². The van der Waals surface area contributed by atoms with Crippen LogP contribution >= 0.6 is 0 Å². The first kappa shape index (κ1) is 23.9. The number of amides is 1. The van der Waals surface area contributed by atoms with E-state index in [1.807, 2.05) is 39.0 Å². The molecule has 1 aliphatic heterocycles. The number of anilines is 1. The lowest BCUT2D eigenvalue weighted by Crippen LogP contribution is -2.21. The Morgan fingerprint density at radius 1 is 1.19 bits per heavy atom. The lowest BCUT2D eigenvalue weighted by atomic mass is 9.92.